The van der Waals surface area contributed by atoms with E-state index in [1.54, 1.807) is 11.8 Å². The molecule has 0 fully saturated rings. The van der Waals surface area contributed by atoms with Crippen LogP contribution >= 0.6 is 0 Å². The van der Waals surface area contributed by atoms with Gasteiger partial charge in [0, 0.05) is 19.6 Å². The number of nitrogens with zero attached hydrogens (tertiary/aromatic N) is 1. The molecule has 0 aromatic heterocycles. The van der Waals surface area contributed by atoms with Gasteiger partial charge in [-0.25, -0.2) is 0 Å². The van der Waals surface area contributed by atoms with E-state index in [-0.39, 0.29) is 19.8 Å². The third kappa shape index (κ3) is 7.26. The summed E-state index contributed by atoms with van der Waals surface area (Å²) in [5, 5.41) is 17.4. The Labute approximate surface area is 89.6 Å². The smallest absolute Gasteiger partial charge is 0.322 e. The largest absolute Gasteiger partial charge is 0.463 e. The molecule has 6 heteroatoms. The Hall–Kier alpha value is -0.690. The number of carbonyl (C=O) groups is 1. The second-order valence-corrected chi connectivity index (χ2v) is 3.25. The number of hydrogen-bond acceptors (Lipinski definition) is 6. The van der Waals surface area contributed by atoms with Gasteiger partial charge in [0.05, 0.1) is 13.2 Å². The van der Waals surface area contributed by atoms with Crippen LogP contribution in [0.1, 0.15) is 6.92 Å². The van der Waals surface area contributed by atoms with Gasteiger partial charge in [-0.05, 0) is 6.92 Å². The Morgan fingerprint density at radius 2 is 1.87 bits per heavy atom. The summed E-state index contributed by atoms with van der Waals surface area (Å²) in [5.41, 5.74) is 5.30. The molecule has 1 atom stereocenters. The summed E-state index contributed by atoms with van der Waals surface area (Å²) in [6.07, 6.45) is 0. The summed E-state index contributed by atoms with van der Waals surface area (Å²) in [7, 11) is 0. The Kier molecular flexibility index (Phi) is 8.21. The van der Waals surface area contributed by atoms with Gasteiger partial charge in [0.1, 0.15) is 12.6 Å². The van der Waals surface area contributed by atoms with E-state index in [1.807, 2.05) is 0 Å². The summed E-state index contributed by atoms with van der Waals surface area (Å²) in [6.45, 7) is 3.20. The summed E-state index contributed by atoms with van der Waals surface area (Å²) < 4.78 is 4.86. The van der Waals surface area contributed by atoms with E-state index in [4.69, 9.17) is 20.7 Å². The van der Waals surface area contributed by atoms with Gasteiger partial charge in [0.2, 0.25) is 0 Å². The van der Waals surface area contributed by atoms with Gasteiger partial charge in [0.25, 0.3) is 0 Å². The quantitative estimate of drug-likeness (QED) is 0.416. The first-order valence-electron chi connectivity index (χ1n) is 4.98. The molecule has 6 nitrogen and oxygen atoms in total. The van der Waals surface area contributed by atoms with Gasteiger partial charge in [-0.1, -0.05) is 0 Å². The van der Waals surface area contributed by atoms with Crippen molar-refractivity contribution in [2.75, 3.05) is 39.5 Å². The van der Waals surface area contributed by atoms with Crippen molar-refractivity contribution in [1.82, 2.24) is 4.90 Å². The van der Waals surface area contributed by atoms with Gasteiger partial charge in [-0.2, -0.15) is 0 Å². The highest BCUT2D eigenvalue weighted by Gasteiger charge is 2.09. The lowest BCUT2D eigenvalue weighted by atomic mass is 10.4. The first kappa shape index (κ1) is 14.3. The van der Waals surface area contributed by atoms with Crippen molar-refractivity contribution < 1.29 is 19.7 Å². The molecule has 0 bridgehead atoms. The minimum atomic E-state index is -0.617. The van der Waals surface area contributed by atoms with E-state index in [2.05, 4.69) is 0 Å². The predicted octanol–water partition coefficient (Wildman–Crippen LogP) is -1.84. The van der Waals surface area contributed by atoms with E-state index >= 15 is 0 Å². The summed E-state index contributed by atoms with van der Waals surface area (Å²) in [6, 6.07) is -0.617. The molecule has 0 spiro atoms. The predicted molar refractivity (Wildman–Crippen MR) is 55.2 cm³/mol. The number of ether oxygens (including phenoxy) is 1. The van der Waals surface area contributed by atoms with Crippen LogP contribution in [0.4, 0.5) is 0 Å². The van der Waals surface area contributed by atoms with E-state index < -0.39 is 12.0 Å². The fourth-order valence-corrected chi connectivity index (χ4v) is 1.03. The molecule has 0 saturated carbocycles. The summed E-state index contributed by atoms with van der Waals surface area (Å²) >= 11 is 0. The lowest BCUT2D eigenvalue weighted by molar-refractivity contribution is -0.145. The number of aliphatic hydroxyl groups excluding tert-OH is 2. The van der Waals surface area contributed by atoms with Crippen LogP contribution in [0.25, 0.3) is 0 Å². The van der Waals surface area contributed by atoms with Crippen LogP contribution in [0.3, 0.4) is 0 Å². The van der Waals surface area contributed by atoms with Gasteiger partial charge in [0.15, 0.2) is 0 Å². The monoisotopic (exact) mass is 220 g/mol. The van der Waals surface area contributed by atoms with Crippen LogP contribution in [0.15, 0.2) is 0 Å². The van der Waals surface area contributed by atoms with Gasteiger partial charge in [-0.15, -0.1) is 0 Å². The van der Waals surface area contributed by atoms with E-state index in [0.717, 1.165) is 0 Å². The molecule has 0 heterocycles. The number of hydrogen-bond donors (Lipinski definition) is 3. The molecule has 0 rings (SSSR count). The highest BCUT2D eigenvalue weighted by atomic mass is 16.5. The molecule has 0 radical (unpaired) electrons. The zero-order chi connectivity index (χ0) is 11.7. The zero-order valence-electron chi connectivity index (χ0n) is 9.06. The first-order chi connectivity index (χ1) is 7.11. The summed E-state index contributed by atoms with van der Waals surface area (Å²) in [5.74, 6) is -0.442. The Balaban J connectivity index is 3.65. The SMILES string of the molecule is CC(N)C(=O)OCCN(CCO)CCO. The fourth-order valence-electron chi connectivity index (χ4n) is 1.03. The first-order valence-corrected chi connectivity index (χ1v) is 4.98. The Morgan fingerprint density at radius 3 is 2.27 bits per heavy atom. The van der Waals surface area contributed by atoms with Crippen molar-refractivity contribution in [3.8, 4) is 0 Å². The molecule has 0 amide bonds. The minimum absolute atomic E-state index is 0.0151. The maximum Gasteiger partial charge on any atom is 0.322 e. The molecule has 0 aromatic carbocycles. The van der Waals surface area contributed by atoms with Crippen LogP contribution in [-0.2, 0) is 9.53 Å². The van der Waals surface area contributed by atoms with Gasteiger partial charge in [-0.3, -0.25) is 9.69 Å². The van der Waals surface area contributed by atoms with Gasteiger partial charge < -0.3 is 20.7 Å². The highest BCUT2D eigenvalue weighted by Crippen LogP contribution is 1.89. The van der Waals surface area contributed by atoms with E-state index in [0.29, 0.717) is 19.6 Å². The molecule has 0 aliphatic carbocycles. The number of nitrogens with two attached hydrogens (primary N) is 1. The van der Waals surface area contributed by atoms with E-state index in [9.17, 15) is 4.79 Å². The minimum Gasteiger partial charge on any atom is -0.463 e. The third-order valence-corrected chi connectivity index (χ3v) is 1.86. The van der Waals surface area contributed by atoms with Crippen molar-refractivity contribution in [1.29, 1.82) is 0 Å². The topological polar surface area (TPSA) is 96.0 Å². The highest BCUT2D eigenvalue weighted by molar-refractivity contribution is 5.74. The molecule has 1 unspecified atom stereocenters. The Morgan fingerprint density at radius 1 is 1.33 bits per heavy atom. The molecular formula is C9H20N2O4. The maximum atomic E-state index is 11.0. The van der Waals surface area contributed by atoms with Crippen molar-refractivity contribution in [2.24, 2.45) is 5.73 Å². The standard InChI is InChI=1S/C9H20N2O4/c1-8(10)9(14)15-7-4-11(2-5-12)3-6-13/h8,12-13H,2-7,10H2,1H3. The van der Waals surface area contributed by atoms with Crippen molar-refractivity contribution in [3.63, 3.8) is 0 Å². The molecule has 0 saturated heterocycles. The molecule has 0 aromatic rings. The molecule has 0 aliphatic heterocycles. The number of carbonyl (C=O) groups excluding carboxylic acids is 1. The number of esters is 1. The molecule has 15 heavy (non-hydrogen) atoms. The second kappa shape index (κ2) is 8.60. The average Bonchev–Trinajstić information content (AvgIpc) is 2.18. The number of aliphatic hydroxyl groups is 2. The van der Waals surface area contributed by atoms with Crippen LogP contribution in [0.5, 0.6) is 0 Å². The number of rotatable bonds is 8. The normalized spacial score (nSPS) is 12.9. The van der Waals surface area contributed by atoms with Gasteiger partial charge >= 0.3 is 5.97 Å². The molecular weight excluding hydrogens is 200 g/mol. The van der Waals surface area contributed by atoms with Crippen LogP contribution < -0.4 is 5.73 Å². The van der Waals surface area contributed by atoms with Crippen molar-refractivity contribution in [3.05, 3.63) is 0 Å². The second-order valence-electron chi connectivity index (χ2n) is 3.25. The lowest BCUT2D eigenvalue weighted by Gasteiger charge is -2.19. The van der Waals surface area contributed by atoms with E-state index in [1.165, 1.54) is 0 Å². The van der Waals surface area contributed by atoms with Crippen LogP contribution in [-0.4, -0.2) is 66.6 Å². The maximum absolute atomic E-state index is 11.0. The van der Waals surface area contributed by atoms with Crippen LogP contribution in [0, 0.1) is 0 Å². The lowest BCUT2D eigenvalue weighted by Crippen LogP contribution is -2.35. The Bertz CT molecular complexity index is 169. The molecule has 0 aliphatic rings. The average molecular weight is 220 g/mol. The molecule has 90 valence electrons. The third-order valence-electron chi connectivity index (χ3n) is 1.86. The summed E-state index contributed by atoms with van der Waals surface area (Å²) in [4.78, 5) is 12.8. The molecule has 4 N–H and O–H groups in total. The van der Waals surface area contributed by atoms with Crippen molar-refractivity contribution >= 4 is 5.97 Å². The zero-order valence-corrected chi connectivity index (χ0v) is 9.06. The van der Waals surface area contributed by atoms with Crippen LogP contribution in [0.2, 0.25) is 0 Å². The van der Waals surface area contributed by atoms with Crippen molar-refractivity contribution in [2.45, 2.75) is 13.0 Å². The fraction of sp³-hybridized carbons (Fsp3) is 0.889.